The molecule has 1 aromatic carbocycles. The van der Waals surface area contributed by atoms with E-state index in [0.717, 1.165) is 12.5 Å². The van der Waals surface area contributed by atoms with Gasteiger partial charge in [-0.05, 0) is 36.6 Å². The summed E-state index contributed by atoms with van der Waals surface area (Å²) in [4.78, 5) is 0. The smallest absolute Gasteiger partial charge is 0.0679 e. The maximum Gasteiger partial charge on any atom is 0.0679 e. The fourth-order valence-electron chi connectivity index (χ4n) is 3.26. The molecule has 1 saturated heterocycles. The number of nitrogens with one attached hydrogen (secondary N) is 1. The molecule has 2 aromatic rings. The van der Waals surface area contributed by atoms with Crippen LogP contribution in [0.3, 0.4) is 0 Å². The number of fused-ring (bicyclic) bond motifs is 2. The van der Waals surface area contributed by atoms with Crippen molar-refractivity contribution in [3.8, 4) is 0 Å². The van der Waals surface area contributed by atoms with Crippen LogP contribution in [0.15, 0.2) is 24.4 Å². The number of piperidine rings is 1. The molecule has 0 unspecified atom stereocenters. The molecule has 0 radical (unpaired) electrons. The first kappa shape index (κ1) is 8.76. The molecule has 4 rings (SSSR count). The van der Waals surface area contributed by atoms with Crippen molar-refractivity contribution in [3.63, 3.8) is 0 Å². The molecule has 2 atom stereocenters. The Balaban J connectivity index is 1.87. The second-order valence-electron chi connectivity index (χ2n) is 5.23. The van der Waals surface area contributed by atoms with Crippen LogP contribution >= 0.6 is 0 Å². The van der Waals surface area contributed by atoms with E-state index in [2.05, 4.69) is 28.6 Å². The topological polar surface area (TPSA) is 29.9 Å². The molecule has 0 spiro atoms. The Morgan fingerprint density at radius 1 is 1.50 bits per heavy atom. The van der Waals surface area contributed by atoms with Crippen LogP contribution in [-0.4, -0.2) is 22.9 Å². The predicted molar refractivity (Wildman–Crippen MR) is 63.4 cm³/mol. The van der Waals surface area contributed by atoms with Crippen LogP contribution in [-0.2, 0) is 12.5 Å². The molecular formula is C13H15N3. The van der Waals surface area contributed by atoms with Gasteiger partial charge in [-0.25, -0.2) is 0 Å². The lowest BCUT2D eigenvalue weighted by Crippen LogP contribution is -2.19. The van der Waals surface area contributed by atoms with Crippen molar-refractivity contribution in [3.05, 3.63) is 30.0 Å². The number of aromatic nitrogens is 2. The number of hydrogen-bond donors (Lipinski definition) is 1. The van der Waals surface area contributed by atoms with Crippen LogP contribution in [0.1, 0.15) is 12.0 Å². The minimum absolute atomic E-state index is 0.462. The minimum atomic E-state index is 0.462. The number of rotatable bonds is 1. The third-order valence-corrected chi connectivity index (χ3v) is 4.38. The normalized spacial score (nSPS) is 31.9. The highest BCUT2D eigenvalue weighted by Crippen LogP contribution is 2.56. The first-order chi connectivity index (χ1) is 7.79. The first-order valence-corrected chi connectivity index (χ1v) is 5.93. The van der Waals surface area contributed by atoms with Crippen LogP contribution in [0.25, 0.3) is 10.9 Å². The highest BCUT2D eigenvalue weighted by molar-refractivity contribution is 5.79. The van der Waals surface area contributed by atoms with Crippen LogP contribution in [0.2, 0.25) is 0 Å². The molecule has 0 bridgehead atoms. The van der Waals surface area contributed by atoms with Gasteiger partial charge in [0.05, 0.1) is 11.7 Å². The molecule has 3 heteroatoms. The van der Waals surface area contributed by atoms with Crippen molar-refractivity contribution in [1.29, 1.82) is 0 Å². The van der Waals surface area contributed by atoms with E-state index in [9.17, 15) is 0 Å². The maximum absolute atomic E-state index is 4.30. The lowest BCUT2D eigenvalue weighted by atomic mass is 9.94. The Hall–Kier alpha value is -1.35. The standard InChI is InChI=1S/C13H15N3/c1-16-12-3-2-10(4-9(12)6-15-16)13-5-11(13)7-14-8-13/h2-4,6,11,14H,5,7-8H2,1H3/t11-,13-/m1/s1. The van der Waals surface area contributed by atoms with Gasteiger partial charge in [-0.15, -0.1) is 0 Å². The van der Waals surface area contributed by atoms with Gasteiger partial charge in [0.25, 0.3) is 0 Å². The van der Waals surface area contributed by atoms with Crippen molar-refractivity contribution in [2.24, 2.45) is 13.0 Å². The van der Waals surface area contributed by atoms with Gasteiger partial charge >= 0.3 is 0 Å². The van der Waals surface area contributed by atoms with E-state index in [1.807, 2.05) is 17.9 Å². The van der Waals surface area contributed by atoms with Crippen molar-refractivity contribution < 1.29 is 0 Å². The zero-order valence-electron chi connectivity index (χ0n) is 9.40. The minimum Gasteiger partial charge on any atom is -0.316 e. The fraction of sp³-hybridized carbons (Fsp3) is 0.462. The molecule has 0 amide bonds. The lowest BCUT2D eigenvalue weighted by Gasteiger charge is -2.12. The summed E-state index contributed by atoms with van der Waals surface area (Å²) in [6, 6.07) is 6.83. The summed E-state index contributed by atoms with van der Waals surface area (Å²) in [6.07, 6.45) is 3.33. The molecule has 2 fully saturated rings. The first-order valence-electron chi connectivity index (χ1n) is 5.93. The summed E-state index contributed by atoms with van der Waals surface area (Å²) in [5.41, 5.74) is 3.19. The Kier molecular flexibility index (Phi) is 1.46. The molecule has 1 saturated carbocycles. The van der Waals surface area contributed by atoms with E-state index in [0.29, 0.717) is 5.41 Å². The van der Waals surface area contributed by atoms with Crippen LogP contribution in [0.4, 0.5) is 0 Å². The van der Waals surface area contributed by atoms with Crippen LogP contribution in [0.5, 0.6) is 0 Å². The molecular weight excluding hydrogens is 198 g/mol. The van der Waals surface area contributed by atoms with E-state index in [1.54, 1.807) is 0 Å². The van der Waals surface area contributed by atoms with Gasteiger partial charge in [0.15, 0.2) is 0 Å². The number of benzene rings is 1. The molecule has 1 aliphatic carbocycles. The van der Waals surface area contributed by atoms with Gasteiger partial charge in [-0.2, -0.15) is 5.10 Å². The summed E-state index contributed by atoms with van der Waals surface area (Å²) < 4.78 is 1.94. The number of aryl methyl sites for hydroxylation is 1. The van der Waals surface area contributed by atoms with Gasteiger partial charge in [0, 0.05) is 24.4 Å². The average molecular weight is 213 g/mol. The summed E-state index contributed by atoms with van der Waals surface area (Å²) in [5, 5.41) is 9.06. The quantitative estimate of drug-likeness (QED) is 0.776. The summed E-state index contributed by atoms with van der Waals surface area (Å²) in [5.74, 6) is 0.877. The summed E-state index contributed by atoms with van der Waals surface area (Å²) in [6.45, 7) is 2.36. The average Bonchev–Trinajstić information content (AvgIpc) is 2.69. The highest BCUT2D eigenvalue weighted by Gasteiger charge is 2.57. The zero-order valence-corrected chi connectivity index (χ0v) is 9.40. The van der Waals surface area contributed by atoms with E-state index in [-0.39, 0.29) is 0 Å². The third-order valence-electron chi connectivity index (χ3n) is 4.38. The van der Waals surface area contributed by atoms with Crippen molar-refractivity contribution >= 4 is 10.9 Å². The number of hydrogen-bond acceptors (Lipinski definition) is 2. The van der Waals surface area contributed by atoms with E-state index in [4.69, 9.17) is 0 Å². The monoisotopic (exact) mass is 213 g/mol. The van der Waals surface area contributed by atoms with E-state index >= 15 is 0 Å². The molecule has 2 heterocycles. The second kappa shape index (κ2) is 2.66. The zero-order chi connectivity index (χ0) is 10.8. The van der Waals surface area contributed by atoms with Crippen molar-refractivity contribution in [1.82, 2.24) is 15.1 Å². The van der Waals surface area contributed by atoms with E-state index < -0.39 is 0 Å². The summed E-state index contributed by atoms with van der Waals surface area (Å²) >= 11 is 0. The van der Waals surface area contributed by atoms with Crippen molar-refractivity contribution in [2.75, 3.05) is 13.1 Å². The van der Waals surface area contributed by atoms with Gasteiger partial charge in [-0.1, -0.05) is 6.07 Å². The molecule has 1 N–H and O–H groups in total. The molecule has 16 heavy (non-hydrogen) atoms. The Bertz CT molecular complexity index is 572. The lowest BCUT2D eigenvalue weighted by molar-refractivity contribution is 0.676. The molecule has 2 aliphatic rings. The molecule has 1 aromatic heterocycles. The Morgan fingerprint density at radius 3 is 3.19 bits per heavy atom. The largest absolute Gasteiger partial charge is 0.316 e. The third kappa shape index (κ3) is 0.944. The van der Waals surface area contributed by atoms with Crippen LogP contribution in [0, 0.1) is 5.92 Å². The maximum atomic E-state index is 4.30. The Labute approximate surface area is 94.4 Å². The second-order valence-corrected chi connectivity index (χ2v) is 5.23. The van der Waals surface area contributed by atoms with Gasteiger partial charge in [-0.3, -0.25) is 4.68 Å². The fourth-order valence-corrected chi connectivity index (χ4v) is 3.26. The molecule has 82 valence electrons. The van der Waals surface area contributed by atoms with Gasteiger partial charge in [0.2, 0.25) is 0 Å². The number of nitrogens with zero attached hydrogens (tertiary/aromatic N) is 2. The van der Waals surface area contributed by atoms with Gasteiger partial charge < -0.3 is 5.32 Å². The van der Waals surface area contributed by atoms with Gasteiger partial charge in [0.1, 0.15) is 0 Å². The summed E-state index contributed by atoms with van der Waals surface area (Å²) in [7, 11) is 2.00. The van der Waals surface area contributed by atoms with Crippen molar-refractivity contribution in [2.45, 2.75) is 11.8 Å². The Morgan fingerprint density at radius 2 is 2.44 bits per heavy atom. The molecule has 3 nitrogen and oxygen atoms in total. The SMILES string of the molecule is Cn1ncc2cc([C@@]34CNC[C@H]3C4)ccc21. The predicted octanol–water partition coefficient (Wildman–Crippen LogP) is 1.43. The van der Waals surface area contributed by atoms with Crippen LogP contribution < -0.4 is 5.32 Å². The molecule has 1 aliphatic heterocycles. The van der Waals surface area contributed by atoms with E-state index in [1.165, 1.54) is 29.4 Å². The highest BCUT2D eigenvalue weighted by atomic mass is 15.2.